The molecular weight excluding hydrogens is 260 g/mol. The number of rotatable bonds is 5. The first kappa shape index (κ1) is 14.5. The van der Waals surface area contributed by atoms with Crippen molar-refractivity contribution in [2.24, 2.45) is 0 Å². The van der Waals surface area contributed by atoms with Crippen molar-refractivity contribution in [3.05, 3.63) is 21.9 Å². The zero-order valence-corrected chi connectivity index (χ0v) is 12.6. The van der Waals surface area contributed by atoms with Crippen molar-refractivity contribution in [1.82, 2.24) is 10.2 Å². The molecule has 0 fully saturated rings. The van der Waals surface area contributed by atoms with Gasteiger partial charge in [0.25, 0.3) is 0 Å². The summed E-state index contributed by atoms with van der Waals surface area (Å²) in [7, 11) is 1.65. The van der Waals surface area contributed by atoms with Crippen LogP contribution in [0.2, 0.25) is 0 Å². The van der Waals surface area contributed by atoms with E-state index < -0.39 is 0 Å². The van der Waals surface area contributed by atoms with E-state index in [0.29, 0.717) is 19.2 Å². The molecule has 106 valence electrons. The fourth-order valence-corrected chi connectivity index (χ4v) is 3.54. The molecule has 0 aromatic carbocycles. The largest absolute Gasteiger partial charge is 0.383 e. The maximum Gasteiger partial charge on any atom is 0.234 e. The highest BCUT2D eigenvalue weighted by Crippen LogP contribution is 2.32. The van der Waals surface area contributed by atoms with Gasteiger partial charge >= 0.3 is 0 Å². The Bertz CT molecular complexity index is 433. The average Bonchev–Trinajstić information content (AvgIpc) is 2.82. The molecule has 0 aliphatic carbocycles. The lowest BCUT2D eigenvalue weighted by Gasteiger charge is -2.33. The minimum absolute atomic E-state index is 0.0642. The lowest BCUT2D eigenvalue weighted by atomic mass is 10.0. The molecule has 0 radical (unpaired) electrons. The highest BCUT2D eigenvalue weighted by Gasteiger charge is 2.26. The molecule has 1 aliphatic heterocycles. The van der Waals surface area contributed by atoms with E-state index in [4.69, 9.17) is 4.74 Å². The van der Waals surface area contributed by atoms with Crippen LogP contribution < -0.4 is 5.32 Å². The number of fused-ring (bicyclic) bond motifs is 1. The van der Waals surface area contributed by atoms with Crippen LogP contribution in [0.25, 0.3) is 0 Å². The maximum atomic E-state index is 12.0. The lowest BCUT2D eigenvalue weighted by molar-refractivity contribution is -0.123. The third-order valence-corrected chi connectivity index (χ3v) is 4.57. The molecule has 0 saturated heterocycles. The smallest absolute Gasteiger partial charge is 0.234 e. The molecule has 0 saturated carbocycles. The third-order valence-electron chi connectivity index (χ3n) is 3.57. The number of carbonyl (C=O) groups excluding carboxylic acids is 1. The van der Waals surface area contributed by atoms with Gasteiger partial charge in [-0.05, 0) is 37.3 Å². The van der Waals surface area contributed by atoms with E-state index in [1.807, 2.05) is 18.3 Å². The minimum atomic E-state index is 0.0642. The molecule has 1 aromatic rings. The van der Waals surface area contributed by atoms with Crippen molar-refractivity contribution in [2.45, 2.75) is 32.4 Å². The predicted octanol–water partition coefficient (Wildman–Crippen LogP) is 1.82. The van der Waals surface area contributed by atoms with Crippen LogP contribution in [-0.4, -0.2) is 43.7 Å². The van der Waals surface area contributed by atoms with Gasteiger partial charge in [0.1, 0.15) is 0 Å². The second-order valence-electron chi connectivity index (χ2n) is 5.12. The van der Waals surface area contributed by atoms with Crippen LogP contribution >= 0.6 is 11.3 Å². The van der Waals surface area contributed by atoms with Gasteiger partial charge in [-0.2, -0.15) is 0 Å². The molecule has 0 unspecified atom stereocenters. The molecule has 2 atom stereocenters. The number of carbonyl (C=O) groups is 1. The van der Waals surface area contributed by atoms with E-state index in [0.717, 1.165) is 13.0 Å². The van der Waals surface area contributed by atoms with Crippen LogP contribution in [0.4, 0.5) is 0 Å². The molecule has 1 amide bonds. The van der Waals surface area contributed by atoms with Crippen LogP contribution in [0.3, 0.4) is 0 Å². The van der Waals surface area contributed by atoms with Gasteiger partial charge in [-0.25, -0.2) is 0 Å². The number of nitrogens with one attached hydrogen (secondary N) is 1. The standard InChI is InChI=1S/C14H22N2O2S/c1-10(9-18-3)15-14(17)8-16-6-4-13-12(11(16)2)5-7-19-13/h5,7,10-11H,4,6,8-9H2,1-3H3,(H,15,17)/t10-,11+/m0/s1. The summed E-state index contributed by atoms with van der Waals surface area (Å²) in [6.45, 7) is 6.11. The quantitative estimate of drug-likeness (QED) is 0.895. The monoisotopic (exact) mass is 282 g/mol. The summed E-state index contributed by atoms with van der Waals surface area (Å²) in [5, 5.41) is 5.11. The Morgan fingerprint density at radius 2 is 2.47 bits per heavy atom. The Labute approximate surface area is 118 Å². The summed E-state index contributed by atoms with van der Waals surface area (Å²) in [5.74, 6) is 0.0788. The zero-order chi connectivity index (χ0) is 13.8. The Hall–Kier alpha value is -0.910. The first-order valence-electron chi connectivity index (χ1n) is 6.70. The number of ether oxygens (including phenoxy) is 1. The van der Waals surface area contributed by atoms with Crippen molar-refractivity contribution in [1.29, 1.82) is 0 Å². The van der Waals surface area contributed by atoms with Crippen LogP contribution in [-0.2, 0) is 16.0 Å². The van der Waals surface area contributed by atoms with Crippen molar-refractivity contribution in [3.63, 3.8) is 0 Å². The topological polar surface area (TPSA) is 41.6 Å². The van der Waals surface area contributed by atoms with Gasteiger partial charge in [0.15, 0.2) is 0 Å². The molecule has 0 bridgehead atoms. The molecular formula is C14H22N2O2S. The number of nitrogens with zero attached hydrogens (tertiary/aromatic N) is 1. The fraction of sp³-hybridized carbons (Fsp3) is 0.643. The number of thiophene rings is 1. The normalized spacial score (nSPS) is 20.9. The summed E-state index contributed by atoms with van der Waals surface area (Å²) in [6.07, 6.45) is 1.05. The second kappa shape index (κ2) is 6.50. The van der Waals surface area contributed by atoms with E-state index in [1.165, 1.54) is 10.4 Å². The van der Waals surface area contributed by atoms with E-state index in [9.17, 15) is 4.79 Å². The number of methoxy groups -OCH3 is 1. The van der Waals surface area contributed by atoms with Crippen LogP contribution in [0.15, 0.2) is 11.4 Å². The molecule has 5 heteroatoms. The van der Waals surface area contributed by atoms with Gasteiger partial charge in [-0.1, -0.05) is 0 Å². The highest BCUT2D eigenvalue weighted by molar-refractivity contribution is 7.10. The summed E-state index contributed by atoms with van der Waals surface area (Å²) >= 11 is 1.82. The van der Waals surface area contributed by atoms with E-state index >= 15 is 0 Å². The Morgan fingerprint density at radius 3 is 3.21 bits per heavy atom. The van der Waals surface area contributed by atoms with Gasteiger partial charge in [-0.3, -0.25) is 9.69 Å². The Kier molecular flexibility index (Phi) is 4.96. The van der Waals surface area contributed by atoms with Gasteiger partial charge in [0.2, 0.25) is 5.91 Å². The Morgan fingerprint density at radius 1 is 1.68 bits per heavy atom. The second-order valence-corrected chi connectivity index (χ2v) is 6.12. The molecule has 0 spiro atoms. The maximum absolute atomic E-state index is 12.0. The lowest BCUT2D eigenvalue weighted by Crippen LogP contribution is -2.44. The predicted molar refractivity (Wildman–Crippen MR) is 77.5 cm³/mol. The van der Waals surface area contributed by atoms with E-state index in [1.54, 1.807) is 7.11 Å². The SMILES string of the molecule is COC[C@H](C)NC(=O)CN1CCc2sccc2[C@H]1C. The van der Waals surface area contributed by atoms with Crippen molar-refractivity contribution in [2.75, 3.05) is 26.8 Å². The fourth-order valence-electron chi connectivity index (χ4n) is 2.57. The molecule has 1 N–H and O–H groups in total. The number of amides is 1. The molecule has 2 heterocycles. The van der Waals surface area contributed by atoms with E-state index in [-0.39, 0.29) is 11.9 Å². The highest BCUT2D eigenvalue weighted by atomic mass is 32.1. The summed E-state index contributed by atoms with van der Waals surface area (Å²) in [5.41, 5.74) is 1.38. The molecule has 2 rings (SSSR count). The van der Waals surface area contributed by atoms with Crippen molar-refractivity contribution in [3.8, 4) is 0 Å². The molecule has 1 aliphatic rings. The number of hydrogen-bond acceptors (Lipinski definition) is 4. The van der Waals surface area contributed by atoms with Crippen molar-refractivity contribution < 1.29 is 9.53 Å². The van der Waals surface area contributed by atoms with Crippen LogP contribution in [0, 0.1) is 0 Å². The van der Waals surface area contributed by atoms with Crippen molar-refractivity contribution >= 4 is 17.2 Å². The van der Waals surface area contributed by atoms with Gasteiger partial charge < -0.3 is 10.1 Å². The average molecular weight is 282 g/mol. The number of hydrogen-bond donors (Lipinski definition) is 1. The molecule has 19 heavy (non-hydrogen) atoms. The third kappa shape index (κ3) is 3.55. The molecule has 4 nitrogen and oxygen atoms in total. The summed E-state index contributed by atoms with van der Waals surface area (Å²) in [4.78, 5) is 15.7. The molecule has 1 aromatic heterocycles. The first-order chi connectivity index (χ1) is 9.11. The van der Waals surface area contributed by atoms with Gasteiger partial charge in [-0.15, -0.1) is 11.3 Å². The first-order valence-corrected chi connectivity index (χ1v) is 7.58. The summed E-state index contributed by atoms with van der Waals surface area (Å²) in [6, 6.07) is 2.58. The Balaban J connectivity index is 1.88. The van der Waals surface area contributed by atoms with Gasteiger partial charge in [0.05, 0.1) is 13.2 Å². The van der Waals surface area contributed by atoms with Gasteiger partial charge in [0, 0.05) is 30.6 Å². The van der Waals surface area contributed by atoms with Crippen LogP contribution in [0.5, 0.6) is 0 Å². The van der Waals surface area contributed by atoms with Crippen LogP contribution in [0.1, 0.15) is 30.3 Å². The zero-order valence-electron chi connectivity index (χ0n) is 11.8. The summed E-state index contributed by atoms with van der Waals surface area (Å²) < 4.78 is 5.02. The van der Waals surface area contributed by atoms with E-state index in [2.05, 4.69) is 28.6 Å². The minimum Gasteiger partial charge on any atom is -0.383 e.